The van der Waals surface area contributed by atoms with Gasteiger partial charge in [-0.25, -0.2) is 8.42 Å². The van der Waals surface area contributed by atoms with E-state index in [0.29, 0.717) is 62.3 Å². The summed E-state index contributed by atoms with van der Waals surface area (Å²) in [4.78, 5) is 25.1. The molecule has 1 fully saturated rings. The average Bonchev–Trinajstić information content (AvgIpc) is 3.08. The van der Waals surface area contributed by atoms with Crippen molar-refractivity contribution in [3.05, 3.63) is 48.0 Å². The molecule has 2 aliphatic rings. The third-order valence-corrected chi connectivity index (χ3v) is 7.27. The molecule has 2 aromatic rings. The highest BCUT2D eigenvalue weighted by molar-refractivity contribution is 7.89. The number of nitrogens with one attached hydrogen (secondary N) is 1. The van der Waals surface area contributed by atoms with Crippen molar-refractivity contribution in [2.45, 2.75) is 24.2 Å². The van der Waals surface area contributed by atoms with Gasteiger partial charge < -0.3 is 19.5 Å². The third-order valence-electron chi connectivity index (χ3n) is 5.37. The van der Waals surface area contributed by atoms with Gasteiger partial charge in [-0.3, -0.25) is 9.59 Å². The minimum absolute atomic E-state index is 0.0112. The molecule has 0 bridgehead atoms. The molecule has 2 aromatic carbocycles. The lowest BCUT2D eigenvalue weighted by Crippen LogP contribution is -2.40. The first-order valence-electron chi connectivity index (χ1n) is 10.8. The van der Waals surface area contributed by atoms with Gasteiger partial charge in [0.2, 0.25) is 15.9 Å². The molecule has 1 saturated heterocycles. The largest absolute Gasteiger partial charge is 0.490 e. The van der Waals surface area contributed by atoms with E-state index in [1.54, 1.807) is 30.3 Å². The van der Waals surface area contributed by atoms with Crippen LogP contribution in [-0.2, 0) is 19.6 Å². The number of Topliss-reactive ketones (excluding diaryl/α,β-unsaturated/α-hetero) is 1. The van der Waals surface area contributed by atoms with Crippen molar-refractivity contribution in [3.63, 3.8) is 0 Å². The van der Waals surface area contributed by atoms with E-state index in [9.17, 15) is 18.0 Å². The van der Waals surface area contributed by atoms with Crippen molar-refractivity contribution < 1.29 is 32.2 Å². The molecule has 0 radical (unpaired) electrons. The Bertz CT molecular complexity index is 1130. The van der Waals surface area contributed by atoms with Gasteiger partial charge in [0, 0.05) is 43.6 Å². The number of rotatable bonds is 7. The van der Waals surface area contributed by atoms with Crippen LogP contribution in [0.3, 0.4) is 0 Å². The number of fused-ring (bicyclic) bond motifs is 1. The normalized spacial score (nSPS) is 16.6. The van der Waals surface area contributed by atoms with Crippen molar-refractivity contribution in [1.29, 1.82) is 0 Å². The number of ether oxygens (including phenoxy) is 3. The standard InChI is InChI=1S/C23H26N2O7S/c26-20(17-5-7-21-22(15-17)32-12-2-11-31-21)6-8-23(27)24-18-3-1-4-19(16-18)33(28,29)25-9-13-30-14-10-25/h1,3-5,7,15-16H,2,6,8-14H2,(H,24,27). The number of morpholine rings is 1. The maximum absolute atomic E-state index is 12.8. The van der Waals surface area contributed by atoms with Gasteiger partial charge >= 0.3 is 0 Å². The van der Waals surface area contributed by atoms with Crippen molar-refractivity contribution in [2.75, 3.05) is 44.8 Å². The number of benzene rings is 2. The number of sulfonamides is 1. The zero-order valence-corrected chi connectivity index (χ0v) is 18.9. The lowest BCUT2D eigenvalue weighted by Gasteiger charge is -2.26. The fourth-order valence-electron chi connectivity index (χ4n) is 3.60. The van der Waals surface area contributed by atoms with E-state index < -0.39 is 10.0 Å². The molecule has 9 nitrogen and oxygen atoms in total. The fourth-order valence-corrected chi connectivity index (χ4v) is 5.06. The zero-order valence-electron chi connectivity index (χ0n) is 18.1. The number of carbonyl (C=O) groups is 2. The summed E-state index contributed by atoms with van der Waals surface area (Å²) in [5, 5.41) is 2.68. The number of hydrogen-bond acceptors (Lipinski definition) is 7. The van der Waals surface area contributed by atoms with E-state index in [4.69, 9.17) is 14.2 Å². The van der Waals surface area contributed by atoms with Gasteiger partial charge in [0.05, 0.1) is 31.3 Å². The summed E-state index contributed by atoms with van der Waals surface area (Å²) >= 11 is 0. The van der Waals surface area contributed by atoms with Gasteiger partial charge in [-0.2, -0.15) is 4.31 Å². The molecule has 0 unspecified atom stereocenters. The molecule has 1 N–H and O–H groups in total. The van der Waals surface area contributed by atoms with Crippen molar-refractivity contribution in [2.24, 2.45) is 0 Å². The van der Waals surface area contributed by atoms with Crippen LogP contribution in [0.5, 0.6) is 11.5 Å². The van der Waals surface area contributed by atoms with Gasteiger partial charge in [-0.05, 0) is 36.4 Å². The molecular formula is C23H26N2O7S. The van der Waals surface area contributed by atoms with Crippen LogP contribution in [0.1, 0.15) is 29.6 Å². The quantitative estimate of drug-likeness (QED) is 0.614. The van der Waals surface area contributed by atoms with E-state index >= 15 is 0 Å². The van der Waals surface area contributed by atoms with Crippen molar-refractivity contribution in [1.82, 2.24) is 4.31 Å². The van der Waals surface area contributed by atoms with Gasteiger partial charge in [-0.15, -0.1) is 0 Å². The second-order valence-corrected chi connectivity index (χ2v) is 9.67. The molecule has 0 spiro atoms. The summed E-state index contributed by atoms with van der Waals surface area (Å²) in [6.07, 6.45) is 0.748. The molecule has 2 aliphatic heterocycles. The monoisotopic (exact) mass is 474 g/mol. The third kappa shape index (κ3) is 5.70. The van der Waals surface area contributed by atoms with E-state index in [-0.39, 0.29) is 29.4 Å². The van der Waals surface area contributed by atoms with E-state index in [1.807, 2.05) is 0 Å². The smallest absolute Gasteiger partial charge is 0.243 e. The molecule has 176 valence electrons. The zero-order chi connectivity index (χ0) is 23.3. The number of hydrogen-bond donors (Lipinski definition) is 1. The van der Waals surface area contributed by atoms with Gasteiger partial charge in [-0.1, -0.05) is 6.07 Å². The van der Waals surface area contributed by atoms with Crippen LogP contribution in [0.15, 0.2) is 47.4 Å². The Labute approximate surface area is 192 Å². The lowest BCUT2D eigenvalue weighted by atomic mass is 10.1. The minimum atomic E-state index is -3.67. The maximum atomic E-state index is 12.8. The fraction of sp³-hybridized carbons (Fsp3) is 0.391. The van der Waals surface area contributed by atoms with E-state index in [1.165, 1.54) is 16.4 Å². The first-order valence-corrected chi connectivity index (χ1v) is 12.3. The topological polar surface area (TPSA) is 111 Å². The van der Waals surface area contributed by atoms with Crippen LogP contribution in [0, 0.1) is 0 Å². The summed E-state index contributed by atoms with van der Waals surface area (Å²) in [7, 11) is -3.67. The van der Waals surface area contributed by atoms with Crippen molar-refractivity contribution >= 4 is 27.4 Å². The highest BCUT2D eigenvalue weighted by Crippen LogP contribution is 2.31. The van der Waals surface area contributed by atoms with E-state index in [0.717, 1.165) is 6.42 Å². The molecule has 10 heteroatoms. The summed E-state index contributed by atoms with van der Waals surface area (Å²) in [5.41, 5.74) is 0.808. The van der Waals surface area contributed by atoms with Crippen molar-refractivity contribution in [3.8, 4) is 11.5 Å². The summed E-state index contributed by atoms with van der Waals surface area (Å²) < 4.78 is 43.4. The molecule has 4 rings (SSSR count). The van der Waals surface area contributed by atoms with Crippen LogP contribution in [-0.4, -0.2) is 63.9 Å². The molecule has 0 aromatic heterocycles. The minimum Gasteiger partial charge on any atom is -0.490 e. The van der Waals surface area contributed by atoms with Gasteiger partial charge in [0.15, 0.2) is 17.3 Å². The van der Waals surface area contributed by atoms with Crippen LogP contribution in [0.2, 0.25) is 0 Å². The number of ketones is 1. The predicted molar refractivity (Wildman–Crippen MR) is 120 cm³/mol. The molecule has 0 saturated carbocycles. The Morgan fingerprint density at radius 2 is 1.67 bits per heavy atom. The molecular weight excluding hydrogens is 448 g/mol. The summed E-state index contributed by atoms with van der Waals surface area (Å²) in [6, 6.07) is 11.1. The highest BCUT2D eigenvalue weighted by Gasteiger charge is 2.26. The Balaban J connectivity index is 1.35. The first-order chi connectivity index (χ1) is 15.9. The van der Waals surface area contributed by atoms with Gasteiger partial charge in [0.25, 0.3) is 0 Å². The number of nitrogens with zero attached hydrogens (tertiary/aromatic N) is 1. The predicted octanol–water partition coefficient (Wildman–Crippen LogP) is 2.47. The number of carbonyl (C=O) groups excluding carboxylic acids is 2. The Kier molecular flexibility index (Phi) is 7.26. The van der Waals surface area contributed by atoms with E-state index in [2.05, 4.69) is 5.32 Å². The Morgan fingerprint density at radius 3 is 2.45 bits per heavy atom. The second-order valence-electron chi connectivity index (χ2n) is 7.73. The Hall–Kier alpha value is -2.95. The van der Waals surface area contributed by atoms with Gasteiger partial charge in [0.1, 0.15) is 0 Å². The summed E-state index contributed by atoms with van der Waals surface area (Å²) in [6.45, 7) is 2.38. The van der Waals surface area contributed by atoms with Crippen LogP contribution >= 0.6 is 0 Å². The molecule has 0 atom stereocenters. The van der Waals surface area contributed by atoms with Crippen LogP contribution in [0.25, 0.3) is 0 Å². The molecule has 2 heterocycles. The highest BCUT2D eigenvalue weighted by atomic mass is 32.2. The number of amides is 1. The first kappa shape index (κ1) is 23.2. The number of anilines is 1. The average molecular weight is 475 g/mol. The molecule has 33 heavy (non-hydrogen) atoms. The summed E-state index contributed by atoms with van der Waals surface area (Å²) in [5.74, 6) is 0.567. The molecule has 0 aliphatic carbocycles. The SMILES string of the molecule is O=C(CCC(=O)c1ccc2c(c1)OCCCO2)Nc1cccc(S(=O)(=O)N2CCOCC2)c1. The van der Waals surface area contributed by atoms with Crippen LogP contribution in [0.4, 0.5) is 5.69 Å². The lowest BCUT2D eigenvalue weighted by molar-refractivity contribution is -0.116. The molecule has 1 amide bonds. The Morgan fingerprint density at radius 1 is 0.909 bits per heavy atom. The maximum Gasteiger partial charge on any atom is 0.243 e. The van der Waals surface area contributed by atoms with Crippen LogP contribution < -0.4 is 14.8 Å². The second kappa shape index (κ2) is 10.3.